The molecule has 1 N–H and O–H groups in total. The molecule has 0 aromatic heterocycles. The fourth-order valence-electron chi connectivity index (χ4n) is 2.80. The molecule has 0 aliphatic rings. The van der Waals surface area contributed by atoms with Gasteiger partial charge in [0.1, 0.15) is 5.60 Å². The molecule has 0 spiro atoms. The molecule has 26 heavy (non-hydrogen) atoms. The van der Waals surface area contributed by atoms with Gasteiger partial charge in [0.2, 0.25) is 5.91 Å². The summed E-state index contributed by atoms with van der Waals surface area (Å²) >= 11 is 0. The van der Waals surface area contributed by atoms with Crippen molar-refractivity contribution in [3.8, 4) is 0 Å². The predicted molar refractivity (Wildman–Crippen MR) is 105 cm³/mol. The molecule has 146 valence electrons. The van der Waals surface area contributed by atoms with E-state index in [9.17, 15) is 9.59 Å². The number of nitrogens with zero attached hydrogens (tertiary/aromatic N) is 1. The van der Waals surface area contributed by atoms with Crippen LogP contribution in [0, 0.1) is 0 Å². The van der Waals surface area contributed by atoms with Crippen molar-refractivity contribution in [2.75, 3.05) is 6.54 Å². The van der Waals surface area contributed by atoms with E-state index >= 15 is 0 Å². The number of ether oxygens (including phenoxy) is 1. The Morgan fingerprint density at radius 1 is 1.12 bits per heavy atom. The summed E-state index contributed by atoms with van der Waals surface area (Å²) in [4.78, 5) is 26.3. The quantitative estimate of drug-likeness (QED) is 0.740. The fourth-order valence-corrected chi connectivity index (χ4v) is 2.80. The molecule has 0 heterocycles. The third-order valence-corrected chi connectivity index (χ3v) is 4.09. The van der Waals surface area contributed by atoms with Crippen LogP contribution in [0.25, 0.3) is 0 Å². The van der Waals surface area contributed by atoms with Gasteiger partial charge >= 0.3 is 6.09 Å². The minimum atomic E-state index is -0.556. The van der Waals surface area contributed by atoms with E-state index in [0.717, 1.165) is 24.8 Å². The predicted octanol–water partition coefficient (Wildman–Crippen LogP) is 4.51. The standard InChI is InChI=1S/C21H34N2O3/c1-7-8-14-21(6,22-19(25)26-20(3,4)5)16-23(17(2)24)15-18-12-10-9-11-13-18/h9-13H,7-8,14-16H2,1-6H3,(H,22,25)/t21-/m1/s1. The molecule has 1 atom stereocenters. The molecule has 0 fully saturated rings. The molecule has 5 heteroatoms. The van der Waals surface area contributed by atoms with E-state index in [2.05, 4.69) is 12.2 Å². The first-order chi connectivity index (χ1) is 12.0. The van der Waals surface area contributed by atoms with Crippen molar-refractivity contribution in [3.05, 3.63) is 35.9 Å². The number of benzene rings is 1. The first kappa shape index (κ1) is 22.0. The minimum Gasteiger partial charge on any atom is -0.444 e. The second kappa shape index (κ2) is 9.60. The zero-order valence-electron chi connectivity index (χ0n) is 17.1. The zero-order valence-corrected chi connectivity index (χ0v) is 17.1. The van der Waals surface area contributed by atoms with Gasteiger partial charge in [0, 0.05) is 20.0 Å². The topological polar surface area (TPSA) is 58.6 Å². The lowest BCUT2D eigenvalue weighted by Gasteiger charge is -2.36. The van der Waals surface area contributed by atoms with Gasteiger partial charge in [0.25, 0.3) is 0 Å². The first-order valence-corrected chi connectivity index (χ1v) is 9.35. The molecule has 0 unspecified atom stereocenters. The number of unbranched alkanes of at least 4 members (excludes halogenated alkanes) is 1. The van der Waals surface area contributed by atoms with Crippen LogP contribution >= 0.6 is 0 Å². The Morgan fingerprint density at radius 3 is 2.23 bits per heavy atom. The Labute approximate surface area is 158 Å². The van der Waals surface area contributed by atoms with Gasteiger partial charge in [-0.15, -0.1) is 0 Å². The van der Waals surface area contributed by atoms with Crippen molar-refractivity contribution in [2.45, 2.75) is 78.5 Å². The Balaban J connectivity index is 2.90. The van der Waals surface area contributed by atoms with Gasteiger partial charge in [-0.1, -0.05) is 50.1 Å². The van der Waals surface area contributed by atoms with Gasteiger partial charge < -0.3 is 15.0 Å². The Kier molecular flexibility index (Phi) is 8.12. The van der Waals surface area contributed by atoms with Crippen LogP contribution in [0.1, 0.15) is 66.4 Å². The summed E-state index contributed by atoms with van der Waals surface area (Å²) in [5.74, 6) is -0.0115. The summed E-state index contributed by atoms with van der Waals surface area (Å²) in [5.41, 5.74) is -0.0310. The van der Waals surface area contributed by atoms with E-state index < -0.39 is 17.2 Å². The maximum Gasteiger partial charge on any atom is 0.408 e. The highest BCUT2D eigenvalue weighted by Crippen LogP contribution is 2.19. The second-order valence-electron chi connectivity index (χ2n) is 8.15. The third-order valence-electron chi connectivity index (χ3n) is 4.09. The molecule has 0 radical (unpaired) electrons. The first-order valence-electron chi connectivity index (χ1n) is 9.35. The Morgan fingerprint density at radius 2 is 1.73 bits per heavy atom. The lowest BCUT2D eigenvalue weighted by molar-refractivity contribution is -0.130. The van der Waals surface area contributed by atoms with Crippen molar-refractivity contribution in [1.82, 2.24) is 10.2 Å². The average molecular weight is 363 g/mol. The number of nitrogens with one attached hydrogen (secondary N) is 1. The summed E-state index contributed by atoms with van der Waals surface area (Å²) in [6, 6.07) is 9.88. The van der Waals surface area contributed by atoms with Crippen LogP contribution in [0.4, 0.5) is 4.79 Å². The fraction of sp³-hybridized carbons (Fsp3) is 0.619. The molecule has 0 aliphatic heterocycles. The Bertz CT molecular complexity index is 581. The normalized spacial score (nSPS) is 13.6. The number of hydrogen-bond donors (Lipinski definition) is 1. The van der Waals surface area contributed by atoms with Crippen LogP contribution in [0.15, 0.2) is 30.3 Å². The van der Waals surface area contributed by atoms with Crippen LogP contribution < -0.4 is 5.32 Å². The minimum absolute atomic E-state index is 0.0115. The second-order valence-corrected chi connectivity index (χ2v) is 8.15. The van der Waals surface area contributed by atoms with Crippen LogP contribution in [-0.2, 0) is 16.1 Å². The largest absolute Gasteiger partial charge is 0.444 e. The number of alkyl carbamates (subject to hydrolysis) is 1. The third kappa shape index (κ3) is 8.37. The van der Waals surface area contributed by atoms with Crippen LogP contribution in [-0.4, -0.2) is 34.6 Å². The molecular weight excluding hydrogens is 328 g/mol. The van der Waals surface area contributed by atoms with Crippen LogP contribution in [0.3, 0.4) is 0 Å². The molecule has 1 rings (SSSR count). The summed E-state index contributed by atoms with van der Waals surface area (Å²) in [5, 5.41) is 3.00. The van der Waals surface area contributed by atoms with Crippen molar-refractivity contribution in [3.63, 3.8) is 0 Å². The van der Waals surface area contributed by atoms with Gasteiger partial charge in [0.15, 0.2) is 0 Å². The maximum atomic E-state index is 12.3. The Hall–Kier alpha value is -2.04. The van der Waals surface area contributed by atoms with E-state index in [1.165, 1.54) is 0 Å². The summed E-state index contributed by atoms with van der Waals surface area (Å²) in [6.45, 7) is 12.1. The summed E-state index contributed by atoms with van der Waals surface area (Å²) in [7, 11) is 0. The van der Waals surface area contributed by atoms with E-state index in [4.69, 9.17) is 4.74 Å². The highest BCUT2D eigenvalue weighted by Gasteiger charge is 2.31. The molecule has 0 saturated carbocycles. The van der Waals surface area contributed by atoms with Crippen molar-refractivity contribution in [2.24, 2.45) is 0 Å². The molecule has 2 amide bonds. The monoisotopic (exact) mass is 362 g/mol. The lowest BCUT2D eigenvalue weighted by atomic mass is 9.94. The molecule has 0 bridgehead atoms. The van der Waals surface area contributed by atoms with Gasteiger partial charge in [0.05, 0.1) is 5.54 Å². The van der Waals surface area contributed by atoms with E-state index in [0.29, 0.717) is 13.1 Å². The molecule has 1 aromatic carbocycles. The molecule has 5 nitrogen and oxygen atoms in total. The SMILES string of the molecule is CCCC[C@](C)(CN(Cc1ccccc1)C(C)=O)NC(=O)OC(C)(C)C. The summed E-state index contributed by atoms with van der Waals surface area (Å²) in [6.07, 6.45) is 2.31. The van der Waals surface area contributed by atoms with E-state index in [-0.39, 0.29) is 5.91 Å². The van der Waals surface area contributed by atoms with Gasteiger partial charge in [-0.2, -0.15) is 0 Å². The summed E-state index contributed by atoms with van der Waals surface area (Å²) < 4.78 is 5.42. The van der Waals surface area contributed by atoms with Gasteiger partial charge in [-0.05, 0) is 39.7 Å². The average Bonchev–Trinajstić information content (AvgIpc) is 2.51. The highest BCUT2D eigenvalue weighted by molar-refractivity contribution is 5.74. The van der Waals surface area contributed by atoms with Crippen LogP contribution in [0.2, 0.25) is 0 Å². The number of rotatable bonds is 8. The van der Waals surface area contributed by atoms with Crippen molar-refractivity contribution in [1.29, 1.82) is 0 Å². The number of hydrogen-bond acceptors (Lipinski definition) is 3. The number of carbonyl (C=O) groups is 2. The number of amides is 2. The highest BCUT2D eigenvalue weighted by atomic mass is 16.6. The van der Waals surface area contributed by atoms with Crippen molar-refractivity contribution >= 4 is 12.0 Å². The van der Waals surface area contributed by atoms with E-state index in [1.807, 2.05) is 58.0 Å². The lowest BCUT2D eigenvalue weighted by Crippen LogP contribution is -2.55. The molecule has 0 aliphatic carbocycles. The molecule has 1 aromatic rings. The van der Waals surface area contributed by atoms with Gasteiger partial charge in [-0.25, -0.2) is 4.79 Å². The smallest absolute Gasteiger partial charge is 0.408 e. The number of carbonyl (C=O) groups excluding carboxylic acids is 2. The zero-order chi connectivity index (χ0) is 19.8. The van der Waals surface area contributed by atoms with Crippen molar-refractivity contribution < 1.29 is 14.3 Å². The van der Waals surface area contributed by atoms with E-state index in [1.54, 1.807) is 11.8 Å². The molecular formula is C21H34N2O3. The molecule has 0 saturated heterocycles. The maximum absolute atomic E-state index is 12.3. The van der Waals surface area contributed by atoms with Gasteiger partial charge in [-0.3, -0.25) is 4.79 Å². The van der Waals surface area contributed by atoms with Crippen LogP contribution in [0.5, 0.6) is 0 Å².